The molecule has 0 fully saturated rings. The van der Waals surface area contributed by atoms with Gasteiger partial charge < -0.3 is 15.9 Å². The molecule has 1 aromatic rings. The average Bonchev–Trinajstić information content (AvgIpc) is 2.33. The fourth-order valence-electron chi connectivity index (χ4n) is 0.872. The molecule has 0 saturated carbocycles. The van der Waals surface area contributed by atoms with E-state index in [1.165, 1.54) is 17.4 Å². The van der Waals surface area contributed by atoms with Gasteiger partial charge in [0.15, 0.2) is 0 Å². The SMILES string of the molecule is NC(CC(=O)O)c1sccc1O. The van der Waals surface area contributed by atoms with Crippen molar-refractivity contribution >= 4 is 17.3 Å². The predicted molar refractivity (Wildman–Crippen MR) is 45.2 cm³/mol. The quantitative estimate of drug-likeness (QED) is 0.657. The van der Waals surface area contributed by atoms with Gasteiger partial charge in [-0.3, -0.25) is 4.79 Å². The van der Waals surface area contributed by atoms with Gasteiger partial charge in [-0.2, -0.15) is 0 Å². The molecule has 0 saturated heterocycles. The van der Waals surface area contributed by atoms with Crippen LogP contribution >= 0.6 is 11.3 Å². The van der Waals surface area contributed by atoms with E-state index < -0.39 is 12.0 Å². The smallest absolute Gasteiger partial charge is 0.305 e. The second kappa shape index (κ2) is 3.55. The lowest BCUT2D eigenvalue weighted by Crippen LogP contribution is -2.13. The second-order valence-electron chi connectivity index (χ2n) is 2.37. The van der Waals surface area contributed by atoms with Crippen molar-refractivity contribution in [1.82, 2.24) is 0 Å². The molecule has 0 aromatic carbocycles. The summed E-state index contributed by atoms with van der Waals surface area (Å²) in [6, 6.07) is 0.893. The molecule has 4 N–H and O–H groups in total. The van der Waals surface area contributed by atoms with Gasteiger partial charge in [-0.05, 0) is 11.4 Å². The summed E-state index contributed by atoms with van der Waals surface area (Å²) in [5.41, 5.74) is 5.51. The minimum absolute atomic E-state index is 0.0775. The topological polar surface area (TPSA) is 83.6 Å². The Morgan fingerprint density at radius 3 is 2.83 bits per heavy atom. The Balaban J connectivity index is 2.71. The monoisotopic (exact) mass is 187 g/mol. The zero-order chi connectivity index (χ0) is 9.14. The van der Waals surface area contributed by atoms with Crippen LogP contribution in [-0.4, -0.2) is 16.2 Å². The van der Waals surface area contributed by atoms with Gasteiger partial charge >= 0.3 is 5.97 Å². The molecule has 1 rings (SSSR count). The number of hydrogen-bond donors (Lipinski definition) is 3. The number of aliphatic carboxylic acids is 1. The summed E-state index contributed by atoms with van der Waals surface area (Å²) in [5.74, 6) is -0.885. The number of nitrogens with two attached hydrogens (primary N) is 1. The van der Waals surface area contributed by atoms with Crippen LogP contribution in [0.25, 0.3) is 0 Å². The Morgan fingerprint density at radius 1 is 1.75 bits per heavy atom. The Hall–Kier alpha value is -1.07. The van der Waals surface area contributed by atoms with Gasteiger partial charge in [-0.15, -0.1) is 11.3 Å². The average molecular weight is 187 g/mol. The van der Waals surface area contributed by atoms with E-state index in [2.05, 4.69) is 0 Å². The predicted octanol–water partition coefficient (Wildman–Crippen LogP) is 0.928. The van der Waals surface area contributed by atoms with Crippen LogP contribution in [0, 0.1) is 0 Å². The Labute approximate surface area is 73.3 Å². The molecule has 0 radical (unpaired) electrons. The van der Waals surface area contributed by atoms with E-state index in [9.17, 15) is 9.90 Å². The zero-order valence-corrected chi connectivity index (χ0v) is 7.04. The van der Waals surface area contributed by atoms with Crippen LogP contribution in [0.1, 0.15) is 17.3 Å². The van der Waals surface area contributed by atoms with E-state index >= 15 is 0 Å². The van der Waals surface area contributed by atoms with Crippen LogP contribution < -0.4 is 5.73 Å². The molecule has 0 aliphatic carbocycles. The number of carboxylic acid groups (broad SMARTS) is 1. The van der Waals surface area contributed by atoms with Crippen LogP contribution in [0.5, 0.6) is 5.75 Å². The zero-order valence-electron chi connectivity index (χ0n) is 6.23. The van der Waals surface area contributed by atoms with Crippen molar-refractivity contribution in [2.24, 2.45) is 5.73 Å². The molecular weight excluding hydrogens is 178 g/mol. The van der Waals surface area contributed by atoms with Crippen molar-refractivity contribution < 1.29 is 15.0 Å². The van der Waals surface area contributed by atoms with E-state index in [0.717, 1.165) is 0 Å². The molecule has 1 unspecified atom stereocenters. The Bertz CT molecular complexity index is 284. The summed E-state index contributed by atoms with van der Waals surface area (Å²) < 4.78 is 0. The van der Waals surface area contributed by atoms with Crippen LogP contribution in [0.3, 0.4) is 0 Å². The van der Waals surface area contributed by atoms with Crippen LogP contribution in [0.15, 0.2) is 11.4 Å². The maximum absolute atomic E-state index is 10.3. The van der Waals surface area contributed by atoms with Crippen molar-refractivity contribution in [3.05, 3.63) is 16.3 Å². The van der Waals surface area contributed by atoms with Crippen molar-refractivity contribution in [2.45, 2.75) is 12.5 Å². The minimum atomic E-state index is -0.963. The Morgan fingerprint density at radius 2 is 2.42 bits per heavy atom. The highest BCUT2D eigenvalue weighted by atomic mass is 32.1. The molecule has 1 atom stereocenters. The lowest BCUT2D eigenvalue weighted by atomic mass is 10.2. The molecule has 0 amide bonds. The van der Waals surface area contributed by atoms with Crippen molar-refractivity contribution in [3.63, 3.8) is 0 Å². The van der Waals surface area contributed by atoms with Gasteiger partial charge in [-0.25, -0.2) is 0 Å². The largest absolute Gasteiger partial charge is 0.507 e. The van der Waals surface area contributed by atoms with Gasteiger partial charge in [0, 0.05) is 0 Å². The number of thiophene rings is 1. The molecule has 0 spiro atoms. The summed E-state index contributed by atoms with van der Waals surface area (Å²) in [5, 5.41) is 19.3. The highest BCUT2D eigenvalue weighted by Crippen LogP contribution is 2.29. The van der Waals surface area contributed by atoms with Crippen LogP contribution in [0.2, 0.25) is 0 Å². The molecule has 66 valence electrons. The lowest BCUT2D eigenvalue weighted by Gasteiger charge is -2.05. The molecule has 5 heteroatoms. The molecule has 4 nitrogen and oxygen atoms in total. The van der Waals surface area contributed by atoms with E-state index in [-0.39, 0.29) is 12.2 Å². The van der Waals surface area contributed by atoms with Gasteiger partial charge in [0.2, 0.25) is 0 Å². The third-order valence-corrected chi connectivity index (χ3v) is 2.44. The highest BCUT2D eigenvalue weighted by Gasteiger charge is 2.15. The minimum Gasteiger partial charge on any atom is -0.507 e. The third kappa shape index (κ3) is 1.96. The van der Waals surface area contributed by atoms with Crippen molar-refractivity contribution in [1.29, 1.82) is 0 Å². The molecule has 0 aliphatic rings. The molecule has 12 heavy (non-hydrogen) atoms. The fraction of sp³-hybridized carbons (Fsp3) is 0.286. The Kier molecular flexibility index (Phi) is 2.67. The first-order valence-corrected chi connectivity index (χ1v) is 4.23. The maximum atomic E-state index is 10.3. The number of carboxylic acids is 1. The molecule has 1 heterocycles. The standard InChI is InChI=1S/C7H9NO3S/c8-4(3-6(10)11)7-5(9)1-2-12-7/h1-2,4,9H,3,8H2,(H,10,11). The van der Waals surface area contributed by atoms with Gasteiger partial charge in [-0.1, -0.05) is 0 Å². The van der Waals surface area contributed by atoms with E-state index in [1.54, 1.807) is 5.38 Å². The van der Waals surface area contributed by atoms with E-state index in [4.69, 9.17) is 10.8 Å². The molecule has 1 aromatic heterocycles. The number of hydrogen-bond acceptors (Lipinski definition) is 4. The summed E-state index contributed by atoms with van der Waals surface area (Å²) in [6.45, 7) is 0. The number of carbonyl (C=O) groups is 1. The summed E-state index contributed by atoms with van der Waals surface area (Å²) in [6.07, 6.45) is -0.159. The summed E-state index contributed by atoms with van der Waals surface area (Å²) in [7, 11) is 0. The summed E-state index contributed by atoms with van der Waals surface area (Å²) >= 11 is 1.26. The maximum Gasteiger partial charge on any atom is 0.305 e. The van der Waals surface area contributed by atoms with Crippen LogP contribution in [0.4, 0.5) is 0 Å². The molecule has 0 bridgehead atoms. The number of aromatic hydroxyl groups is 1. The van der Waals surface area contributed by atoms with E-state index in [0.29, 0.717) is 4.88 Å². The molecular formula is C7H9NO3S. The normalized spacial score (nSPS) is 12.8. The summed E-state index contributed by atoms with van der Waals surface area (Å²) in [4.78, 5) is 10.8. The third-order valence-electron chi connectivity index (χ3n) is 1.40. The van der Waals surface area contributed by atoms with Gasteiger partial charge in [0.1, 0.15) is 5.75 Å². The van der Waals surface area contributed by atoms with Gasteiger partial charge in [0.25, 0.3) is 0 Å². The van der Waals surface area contributed by atoms with E-state index in [1.807, 2.05) is 0 Å². The second-order valence-corrected chi connectivity index (χ2v) is 3.32. The van der Waals surface area contributed by atoms with Crippen molar-refractivity contribution in [3.8, 4) is 5.75 Å². The first-order chi connectivity index (χ1) is 5.61. The van der Waals surface area contributed by atoms with Gasteiger partial charge in [0.05, 0.1) is 17.3 Å². The highest BCUT2D eigenvalue weighted by molar-refractivity contribution is 7.10. The van der Waals surface area contributed by atoms with Crippen molar-refractivity contribution in [2.75, 3.05) is 0 Å². The fourth-order valence-corrected chi connectivity index (χ4v) is 1.66. The number of rotatable bonds is 3. The van der Waals surface area contributed by atoms with Crippen LogP contribution in [-0.2, 0) is 4.79 Å². The first-order valence-electron chi connectivity index (χ1n) is 3.35. The lowest BCUT2D eigenvalue weighted by molar-refractivity contribution is -0.137. The molecule has 0 aliphatic heterocycles. The first kappa shape index (κ1) is 9.02.